The minimum atomic E-state index is -0.368. The summed E-state index contributed by atoms with van der Waals surface area (Å²) in [5.41, 5.74) is 0. The molecule has 0 aliphatic carbocycles. The summed E-state index contributed by atoms with van der Waals surface area (Å²) in [5, 5.41) is 1.57. The minimum absolute atomic E-state index is 0.368. The number of fused-ring (bicyclic) bond motifs is 1. The Bertz CT molecular complexity index is 590. The smallest absolute Gasteiger partial charge is 0.308 e. The fourth-order valence-electron chi connectivity index (χ4n) is 1.90. The average molecular weight is 246 g/mol. The Morgan fingerprint density at radius 3 is 2.22 bits per heavy atom. The van der Waals surface area contributed by atoms with Crippen molar-refractivity contribution in [2.75, 3.05) is 14.2 Å². The van der Waals surface area contributed by atoms with Gasteiger partial charge >= 0.3 is 5.97 Å². The van der Waals surface area contributed by atoms with E-state index in [1.165, 1.54) is 6.92 Å². The van der Waals surface area contributed by atoms with Crippen LogP contribution in [0.4, 0.5) is 0 Å². The second kappa shape index (κ2) is 4.96. The number of rotatable bonds is 3. The van der Waals surface area contributed by atoms with E-state index in [0.29, 0.717) is 17.2 Å². The van der Waals surface area contributed by atoms with Gasteiger partial charge in [-0.1, -0.05) is 12.1 Å². The Kier molecular flexibility index (Phi) is 3.37. The lowest BCUT2D eigenvalue weighted by atomic mass is 10.1. The second-order valence-corrected chi connectivity index (χ2v) is 3.74. The van der Waals surface area contributed by atoms with Crippen LogP contribution in [0.2, 0.25) is 0 Å². The second-order valence-electron chi connectivity index (χ2n) is 3.74. The van der Waals surface area contributed by atoms with Crippen LogP contribution in [0.3, 0.4) is 0 Å². The molecule has 0 amide bonds. The van der Waals surface area contributed by atoms with Gasteiger partial charge in [-0.05, 0) is 18.2 Å². The van der Waals surface area contributed by atoms with Crippen LogP contribution < -0.4 is 14.2 Å². The fourth-order valence-corrected chi connectivity index (χ4v) is 1.90. The van der Waals surface area contributed by atoms with Gasteiger partial charge in [-0.2, -0.15) is 0 Å². The van der Waals surface area contributed by atoms with Crippen LogP contribution in [0, 0.1) is 0 Å². The number of carbonyl (C=O) groups excluding carboxylic acids is 1. The van der Waals surface area contributed by atoms with E-state index in [1.807, 2.05) is 18.2 Å². The molecule has 94 valence electrons. The van der Waals surface area contributed by atoms with Crippen molar-refractivity contribution in [2.24, 2.45) is 0 Å². The molecular weight excluding hydrogens is 232 g/mol. The molecule has 0 fully saturated rings. The number of benzene rings is 2. The fraction of sp³-hybridized carbons (Fsp3) is 0.214. The molecule has 2 aromatic carbocycles. The third-order valence-corrected chi connectivity index (χ3v) is 2.62. The lowest BCUT2D eigenvalue weighted by molar-refractivity contribution is -0.131. The normalized spacial score (nSPS) is 10.2. The molecule has 0 N–H and O–H groups in total. The van der Waals surface area contributed by atoms with E-state index in [0.717, 1.165) is 10.8 Å². The van der Waals surface area contributed by atoms with E-state index in [4.69, 9.17) is 14.2 Å². The van der Waals surface area contributed by atoms with E-state index >= 15 is 0 Å². The largest absolute Gasteiger partial charge is 0.496 e. The zero-order chi connectivity index (χ0) is 13.1. The van der Waals surface area contributed by atoms with Gasteiger partial charge in [0.1, 0.15) is 17.2 Å². The zero-order valence-electron chi connectivity index (χ0n) is 10.5. The molecule has 2 aromatic rings. The molecule has 0 aliphatic rings. The molecule has 0 aliphatic heterocycles. The number of hydrogen-bond donors (Lipinski definition) is 0. The molecule has 0 saturated heterocycles. The number of hydrogen-bond acceptors (Lipinski definition) is 4. The van der Waals surface area contributed by atoms with Crippen LogP contribution in [0.5, 0.6) is 17.2 Å². The molecule has 18 heavy (non-hydrogen) atoms. The summed E-state index contributed by atoms with van der Waals surface area (Å²) in [5.74, 6) is 1.45. The first-order chi connectivity index (χ1) is 8.67. The monoisotopic (exact) mass is 246 g/mol. The van der Waals surface area contributed by atoms with Gasteiger partial charge in [-0.15, -0.1) is 0 Å². The summed E-state index contributed by atoms with van der Waals surface area (Å²) in [6, 6.07) is 9.03. The summed E-state index contributed by atoms with van der Waals surface area (Å²) >= 11 is 0. The molecule has 0 radical (unpaired) electrons. The standard InChI is InChI=1S/C14H14O4/c1-9(15)18-13-6-4-5-10-11(16-2)7-8-12(17-3)14(10)13/h4-8H,1-3H3. The van der Waals surface area contributed by atoms with Crippen molar-refractivity contribution in [2.45, 2.75) is 6.92 Å². The zero-order valence-corrected chi connectivity index (χ0v) is 10.5. The predicted molar refractivity (Wildman–Crippen MR) is 68.4 cm³/mol. The first kappa shape index (κ1) is 12.2. The Morgan fingerprint density at radius 1 is 0.944 bits per heavy atom. The molecule has 4 heteroatoms. The average Bonchev–Trinajstić information content (AvgIpc) is 2.37. The van der Waals surface area contributed by atoms with Gasteiger partial charge in [0, 0.05) is 12.3 Å². The quantitative estimate of drug-likeness (QED) is 0.617. The van der Waals surface area contributed by atoms with Crippen molar-refractivity contribution >= 4 is 16.7 Å². The summed E-state index contributed by atoms with van der Waals surface area (Å²) in [6.07, 6.45) is 0. The molecule has 2 rings (SSSR count). The highest BCUT2D eigenvalue weighted by Gasteiger charge is 2.13. The van der Waals surface area contributed by atoms with E-state index in [9.17, 15) is 4.79 Å². The van der Waals surface area contributed by atoms with Crippen molar-refractivity contribution in [3.8, 4) is 17.2 Å². The molecule has 0 saturated carbocycles. The van der Waals surface area contributed by atoms with Crippen molar-refractivity contribution < 1.29 is 19.0 Å². The summed E-state index contributed by atoms with van der Waals surface area (Å²) in [7, 11) is 3.17. The highest BCUT2D eigenvalue weighted by atomic mass is 16.5. The van der Waals surface area contributed by atoms with Gasteiger partial charge in [0.15, 0.2) is 0 Å². The topological polar surface area (TPSA) is 44.8 Å². The van der Waals surface area contributed by atoms with Crippen LogP contribution in [0.1, 0.15) is 6.92 Å². The third-order valence-electron chi connectivity index (χ3n) is 2.62. The van der Waals surface area contributed by atoms with Gasteiger partial charge in [-0.25, -0.2) is 0 Å². The molecular formula is C14H14O4. The Labute approximate surface area is 105 Å². The molecule has 0 heterocycles. The molecule has 0 unspecified atom stereocenters. The Hall–Kier alpha value is -2.23. The van der Waals surface area contributed by atoms with Crippen molar-refractivity contribution in [3.05, 3.63) is 30.3 Å². The molecule has 0 spiro atoms. The number of methoxy groups -OCH3 is 2. The van der Waals surface area contributed by atoms with Crippen molar-refractivity contribution in [1.82, 2.24) is 0 Å². The number of carbonyl (C=O) groups is 1. The highest BCUT2D eigenvalue weighted by Crippen LogP contribution is 2.38. The Morgan fingerprint density at radius 2 is 1.61 bits per heavy atom. The Balaban J connectivity index is 2.75. The van der Waals surface area contributed by atoms with Gasteiger partial charge in [0.2, 0.25) is 0 Å². The maximum Gasteiger partial charge on any atom is 0.308 e. The first-order valence-corrected chi connectivity index (χ1v) is 5.49. The van der Waals surface area contributed by atoms with E-state index in [-0.39, 0.29) is 5.97 Å². The van der Waals surface area contributed by atoms with Gasteiger partial charge < -0.3 is 14.2 Å². The third kappa shape index (κ3) is 2.09. The van der Waals surface area contributed by atoms with Gasteiger partial charge in [0.05, 0.1) is 19.6 Å². The van der Waals surface area contributed by atoms with Crippen LogP contribution in [-0.2, 0) is 4.79 Å². The predicted octanol–water partition coefficient (Wildman–Crippen LogP) is 2.78. The molecule has 0 atom stereocenters. The summed E-state index contributed by atoms with van der Waals surface area (Å²) in [4.78, 5) is 11.1. The maximum absolute atomic E-state index is 11.1. The summed E-state index contributed by atoms with van der Waals surface area (Å²) in [6.45, 7) is 1.37. The van der Waals surface area contributed by atoms with E-state index in [1.54, 1.807) is 26.4 Å². The van der Waals surface area contributed by atoms with E-state index in [2.05, 4.69) is 0 Å². The molecule has 0 aromatic heterocycles. The SMILES string of the molecule is COc1ccc(OC)c2c(OC(C)=O)cccc12. The van der Waals surface area contributed by atoms with Crippen molar-refractivity contribution in [1.29, 1.82) is 0 Å². The van der Waals surface area contributed by atoms with Crippen molar-refractivity contribution in [3.63, 3.8) is 0 Å². The van der Waals surface area contributed by atoms with E-state index < -0.39 is 0 Å². The first-order valence-electron chi connectivity index (χ1n) is 5.49. The van der Waals surface area contributed by atoms with Crippen LogP contribution in [0.25, 0.3) is 10.8 Å². The molecule has 4 nitrogen and oxygen atoms in total. The molecule has 0 bridgehead atoms. The number of esters is 1. The highest BCUT2D eigenvalue weighted by molar-refractivity contribution is 5.98. The van der Waals surface area contributed by atoms with Crippen LogP contribution >= 0.6 is 0 Å². The van der Waals surface area contributed by atoms with Gasteiger partial charge in [0.25, 0.3) is 0 Å². The van der Waals surface area contributed by atoms with Gasteiger partial charge in [-0.3, -0.25) is 4.79 Å². The summed E-state index contributed by atoms with van der Waals surface area (Å²) < 4.78 is 15.8. The lowest BCUT2D eigenvalue weighted by Gasteiger charge is -2.12. The minimum Gasteiger partial charge on any atom is -0.496 e. The maximum atomic E-state index is 11.1. The lowest BCUT2D eigenvalue weighted by Crippen LogP contribution is -2.02. The van der Waals surface area contributed by atoms with Crippen LogP contribution in [-0.4, -0.2) is 20.2 Å². The number of ether oxygens (including phenoxy) is 3. The van der Waals surface area contributed by atoms with Crippen LogP contribution in [0.15, 0.2) is 30.3 Å².